The van der Waals surface area contributed by atoms with Gasteiger partial charge in [0.2, 0.25) is 5.91 Å². The molecule has 0 radical (unpaired) electrons. The van der Waals surface area contributed by atoms with Crippen molar-refractivity contribution in [2.75, 3.05) is 26.7 Å². The molecule has 5 nitrogen and oxygen atoms in total. The maximum absolute atomic E-state index is 11.9. The Morgan fingerprint density at radius 1 is 1.47 bits per heavy atom. The van der Waals surface area contributed by atoms with E-state index < -0.39 is 5.41 Å². The number of rotatable bonds is 4. The van der Waals surface area contributed by atoms with E-state index in [4.69, 9.17) is 4.74 Å². The normalized spacial score (nSPS) is 20.8. The second kappa shape index (κ2) is 6.00. The van der Waals surface area contributed by atoms with Gasteiger partial charge in [-0.3, -0.25) is 9.59 Å². The van der Waals surface area contributed by atoms with Gasteiger partial charge >= 0.3 is 5.97 Å². The number of amides is 1. The van der Waals surface area contributed by atoms with Gasteiger partial charge in [-0.1, -0.05) is 0 Å². The summed E-state index contributed by atoms with van der Waals surface area (Å²) >= 11 is 0. The molecule has 1 heterocycles. The van der Waals surface area contributed by atoms with Crippen molar-refractivity contribution in [3.05, 3.63) is 0 Å². The second-order valence-electron chi connectivity index (χ2n) is 5.14. The molecule has 1 aliphatic heterocycles. The monoisotopic (exact) mass is 242 g/mol. The number of methoxy groups -OCH3 is 1. The molecule has 0 aliphatic carbocycles. The van der Waals surface area contributed by atoms with Crippen LogP contribution in [0.4, 0.5) is 0 Å². The van der Waals surface area contributed by atoms with E-state index in [-0.39, 0.29) is 17.8 Å². The molecule has 1 saturated heterocycles. The highest BCUT2D eigenvalue weighted by molar-refractivity contribution is 5.81. The molecule has 98 valence electrons. The first-order valence-corrected chi connectivity index (χ1v) is 6.04. The Labute approximate surface area is 102 Å². The molecule has 0 aromatic rings. The third kappa shape index (κ3) is 4.00. The van der Waals surface area contributed by atoms with Gasteiger partial charge < -0.3 is 15.4 Å². The van der Waals surface area contributed by atoms with Gasteiger partial charge in [-0.05, 0) is 33.2 Å². The summed E-state index contributed by atoms with van der Waals surface area (Å²) in [5, 5.41) is 6.02. The highest BCUT2D eigenvalue weighted by atomic mass is 16.5. The van der Waals surface area contributed by atoms with Gasteiger partial charge in [-0.2, -0.15) is 0 Å². The predicted molar refractivity (Wildman–Crippen MR) is 64.4 cm³/mol. The third-order valence-corrected chi connectivity index (χ3v) is 3.11. The lowest BCUT2D eigenvalue weighted by Gasteiger charge is -2.25. The van der Waals surface area contributed by atoms with Crippen LogP contribution in [0.3, 0.4) is 0 Å². The molecule has 1 rings (SSSR count). The Hall–Kier alpha value is -1.10. The summed E-state index contributed by atoms with van der Waals surface area (Å²) in [7, 11) is 1.36. The smallest absolute Gasteiger partial charge is 0.313 e. The van der Waals surface area contributed by atoms with Gasteiger partial charge in [-0.25, -0.2) is 0 Å². The number of esters is 1. The van der Waals surface area contributed by atoms with Gasteiger partial charge in [0.25, 0.3) is 0 Å². The van der Waals surface area contributed by atoms with E-state index in [2.05, 4.69) is 10.6 Å². The van der Waals surface area contributed by atoms with Crippen molar-refractivity contribution in [1.29, 1.82) is 0 Å². The SMILES string of the molecule is COC(=O)C(C)(C)CNC(=O)[C@H]1CCCNC1. The fraction of sp³-hybridized carbons (Fsp3) is 0.833. The molecule has 0 bridgehead atoms. The summed E-state index contributed by atoms with van der Waals surface area (Å²) in [6.07, 6.45) is 1.94. The number of nitrogens with one attached hydrogen (secondary N) is 2. The second-order valence-corrected chi connectivity index (χ2v) is 5.14. The van der Waals surface area contributed by atoms with Crippen LogP contribution < -0.4 is 10.6 Å². The Morgan fingerprint density at radius 2 is 2.18 bits per heavy atom. The summed E-state index contributed by atoms with van der Waals surface area (Å²) in [4.78, 5) is 23.3. The molecule has 1 fully saturated rings. The topological polar surface area (TPSA) is 67.4 Å². The van der Waals surface area contributed by atoms with Crippen LogP contribution in [-0.4, -0.2) is 38.6 Å². The quantitative estimate of drug-likeness (QED) is 0.696. The first kappa shape index (κ1) is 14.0. The molecule has 1 atom stereocenters. The fourth-order valence-electron chi connectivity index (χ4n) is 1.88. The number of ether oxygens (including phenoxy) is 1. The molecule has 0 unspecified atom stereocenters. The number of carbonyl (C=O) groups excluding carboxylic acids is 2. The van der Waals surface area contributed by atoms with Gasteiger partial charge in [0.15, 0.2) is 0 Å². The van der Waals surface area contributed by atoms with E-state index >= 15 is 0 Å². The standard InChI is InChI=1S/C12H22N2O3/c1-12(2,11(16)17-3)8-14-10(15)9-5-4-6-13-7-9/h9,13H,4-8H2,1-3H3,(H,14,15)/t9-/m0/s1. The van der Waals surface area contributed by atoms with E-state index in [1.54, 1.807) is 13.8 Å². The van der Waals surface area contributed by atoms with Crippen LogP contribution in [0.15, 0.2) is 0 Å². The predicted octanol–water partition coefficient (Wildman–Crippen LogP) is 0.301. The average Bonchev–Trinajstić information content (AvgIpc) is 2.36. The zero-order valence-corrected chi connectivity index (χ0v) is 10.8. The van der Waals surface area contributed by atoms with E-state index in [0.29, 0.717) is 6.54 Å². The first-order valence-electron chi connectivity index (χ1n) is 6.04. The molecule has 0 spiro atoms. The third-order valence-electron chi connectivity index (χ3n) is 3.11. The van der Waals surface area contributed by atoms with E-state index in [0.717, 1.165) is 25.9 Å². The lowest BCUT2D eigenvalue weighted by Crippen LogP contribution is -2.45. The highest BCUT2D eigenvalue weighted by Gasteiger charge is 2.30. The zero-order chi connectivity index (χ0) is 12.9. The summed E-state index contributed by atoms with van der Waals surface area (Å²) in [5.74, 6) is -0.258. The Morgan fingerprint density at radius 3 is 2.71 bits per heavy atom. The van der Waals surface area contributed by atoms with E-state index in [9.17, 15) is 9.59 Å². The van der Waals surface area contributed by atoms with Gasteiger partial charge in [0, 0.05) is 13.1 Å². The minimum atomic E-state index is -0.674. The van der Waals surface area contributed by atoms with Gasteiger partial charge in [-0.15, -0.1) is 0 Å². The van der Waals surface area contributed by atoms with Gasteiger partial charge in [0.1, 0.15) is 0 Å². The van der Waals surface area contributed by atoms with Crippen LogP contribution in [0.2, 0.25) is 0 Å². The molecular weight excluding hydrogens is 220 g/mol. The van der Waals surface area contributed by atoms with Crippen LogP contribution in [0.25, 0.3) is 0 Å². The Bertz CT molecular complexity index is 283. The average molecular weight is 242 g/mol. The lowest BCUT2D eigenvalue weighted by atomic mass is 9.92. The number of hydrogen-bond acceptors (Lipinski definition) is 4. The Balaban J connectivity index is 2.39. The zero-order valence-electron chi connectivity index (χ0n) is 10.8. The van der Waals surface area contributed by atoms with Crippen molar-refractivity contribution in [2.24, 2.45) is 11.3 Å². The van der Waals surface area contributed by atoms with Crippen LogP contribution in [0, 0.1) is 11.3 Å². The molecule has 0 saturated carbocycles. The number of carbonyl (C=O) groups is 2. The minimum absolute atomic E-state index is 0.0224. The Kier molecular flexibility index (Phi) is 4.93. The van der Waals surface area contributed by atoms with Crippen LogP contribution >= 0.6 is 0 Å². The van der Waals surface area contributed by atoms with Crippen molar-refractivity contribution in [2.45, 2.75) is 26.7 Å². The van der Waals surface area contributed by atoms with Crippen LogP contribution in [0.1, 0.15) is 26.7 Å². The molecule has 1 aliphatic rings. The summed E-state index contributed by atoms with van der Waals surface area (Å²) in [6, 6.07) is 0. The number of hydrogen-bond donors (Lipinski definition) is 2. The minimum Gasteiger partial charge on any atom is -0.469 e. The highest BCUT2D eigenvalue weighted by Crippen LogP contribution is 2.16. The summed E-state index contributed by atoms with van der Waals surface area (Å²) in [5.41, 5.74) is -0.674. The van der Waals surface area contributed by atoms with Crippen molar-refractivity contribution < 1.29 is 14.3 Å². The molecule has 2 N–H and O–H groups in total. The van der Waals surface area contributed by atoms with Crippen molar-refractivity contribution in [3.8, 4) is 0 Å². The summed E-state index contributed by atoms with van der Waals surface area (Å²) in [6.45, 7) is 5.55. The molecule has 17 heavy (non-hydrogen) atoms. The largest absolute Gasteiger partial charge is 0.469 e. The maximum Gasteiger partial charge on any atom is 0.313 e. The lowest BCUT2D eigenvalue weighted by molar-refractivity contribution is -0.150. The molecule has 5 heteroatoms. The van der Waals surface area contributed by atoms with Crippen molar-refractivity contribution >= 4 is 11.9 Å². The maximum atomic E-state index is 11.9. The molecular formula is C12H22N2O3. The van der Waals surface area contributed by atoms with E-state index in [1.807, 2.05) is 0 Å². The first-order chi connectivity index (χ1) is 7.97. The van der Waals surface area contributed by atoms with Gasteiger partial charge in [0.05, 0.1) is 18.4 Å². The number of piperidine rings is 1. The molecule has 0 aromatic carbocycles. The van der Waals surface area contributed by atoms with Crippen molar-refractivity contribution in [3.63, 3.8) is 0 Å². The molecule has 0 aromatic heterocycles. The van der Waals surface area contributed by atoms with Crippen LogP contribution in [-0.2, 0) is 14.3 Å². The van der Waals surface area contributed by atoms with Crippen molar-refractivity contribution in [1.82, 2.24) is 10.6 Å². The molecule has 1 amide bonds. The fourth-order valence-corrected chi connectivity index (χ4v) is 1.88. The summed E-state index contributed by atoms with van der Waals surface area (Å²) < 4.78 is 4.69. The van der Waals surface area contributed by atoms with E-state index in [1.165, 1.54) is 7.11 Å². The van der Waals surface area contributed by atoms with Crippen LogP contribution in [0.5, 0.6) is 0 Å².